The van der Waals surface area contributed by atoms with Gasteiger partial charge < -0.3 is 5.11 Å². The zero-order chi connectivity index (χ0) is 15.4. The summed E-state index contributed by atoms with van der Waals surface area (Å²) in [5, 5.41) is 8.60. The fourth-order valence-corrected chi connectivity index (χ4v) is 2.77. The fourth-order valence-electron chi connectivity index (χ4n) is 2.77. The van der Waals surface area contributed by atoms with Crippen molar-refractivity contribution < 1.29 is 14.7 Å². The van der Waals surface area contributed by atoms with Crippen molar-refractivity contribution in [3.63, 3.8) is 0 Å². The number of carbonyl (C=O) groups is 2. The summed E-state index contributed by atoms with van der Waals surface area (Å²) >= 11 is 0. The zero-order valence-corrected chi connectivity index (χ0v) is 12.4. The Bertz CT molecular complexity index is 600. The predicted octanol–water partition coefficient (Wildman–Crippen LogP) is 3.61. The van der Waals surface area contributed by atoms with Gasteiger partial charge in [0, 0.05) is 18.4 Å². The fraction of sp³-hybridized carbons (Fsp3) is 0.333. The molecular formula is C18H20O3. The van der Waals surface area contributed by atoms with Crippen LogP contribution < -0.4 is 0 Å². The van der Waals surface area contributed by atoms with Crippen LogP contribution in [0.1, 0.15) is 26.7 Å². The molecule has 1 saturated carbocycles. The molecule has 2 bridgehead atoms. The lowest BCUT2D eigenvalue weighted by Gasteiger charge is -2.07. The van der Waals surface area contributed by atoms with E-state index >= 15 is 0 Å². The summed E-state index contributed by atoms with van der Waals surface area (Å²) in [6.45, 7) is 3.75. The molecule has 0 aromatic heterocycles. The maximum Gasteiger partial charge on any atom is 0.328 e. The zero-order valence-electron chi connectivity index (χ0n) is 12.4. The van der Waals surface area contributed by atoms with Crippen LogP contribution in [0.3, 0.4) is 0 Å². The van der Waals surface area contributed by atoms with Gasteiger partial charge >= 0.3 is 5.97 Å². The van der Waals surface area contributed by atoms with E-state index in [1.165, 1.54) is 11.6 Å². The maximum atomic E-state index is 11.5. The van der Waals surface area contributed by atoms with Gasteiger partial charge in [0.25, 0.3) is 0 Å². The van der Waals surface area contributed by atoms with Crippen LogP contribution in [0.25, 0.3) is 0 Å². The average molecular weight is 284 g/mol. The first kappa shape index (κ1) is 15.2. The molecule has 3 nitrogen and oxygen atoms in total. The number of ketones is 1. The first-order chi connectivity index (χ1) is 9.95. The minimum absolute atomic E-state index is 0.155. The summed E-state index contributed by atoms with van der Waals surface area (Å²) in [5.41, 5.74) is 3.06. The largest absolute Gasteiger partial charge is 0.478 e. The number of hydrogen-bond acceptors (Lipinski definition) is 2. The first-order valence-corrected chi connectivity index (χ1v) is 7.14. The standard InChI is InChI=1S/C18H20O3/c1-12(4-3-5-13(2)8-18(20)21)6-7-14-9-16-10-15(14)11-17(16)19/h3-9,15-16H,10-11H2,1-2H3,(H,20,21). The van der Waals surface area contributed by atoms with Gasteiger partial charge in [-0.2, -0.15) is 0 Å². The number of Topliss-reactive ketones (excluding diaryl/α,β-unsaturated/α-hetero) is 1. The topological polar surface area (TPSA) is 54.4 Å². The van der Waals surface area contributed by atoms with E-state index in [9.17, 15) is 9.59 Å². The van der Waals surface area contributed by atoms with Crippen molar-refractivity contribution in [2.75, 3.05) is 0 Å². The third-order valence-electron chi connectivity index (χ3n) is 3.87. The van der Waals surface area contributed by atoms with Gasteiger partial charge in [-0.25, -0.2) is 4.79 Å². The number of carbonyl (C=O) groups excluding carboxylic acids is 1. The third-order valence-corrected chi connectivity index (χ3v) is 3.87. The minimum Gasteiger partial charge on any atom is -0.478 e. The highest BCUT2D eigenvalue weighted by molar-refractivity contribution is 5.87. The van der Waals surface area contributed by atoms with Gasteiger partial charge in [0.2, 0.25) is 0 Å². The maximum absolute atomic E-state index is 11.5. The molecule has 2 atom stereocenters. The van der Waals surface area contributed by atoms with E-state index in [4.69, 9.17) is 5.11 Å². The smallest absolute Gasteiger partial charge is 0.328 e. The first-order valence-electron chi connectivity index (χ1n) is 7.14. The number of aliphatic carboxylic acids is 1. The van der Waals surface area contributed by atoms with Crippen molar-refractivity contribution in [1.82, 2.24) is 0 Å². The van der Waals surface area contributed by atoms with Gasteiger partial charge in [-0.15, -0.1) is 0 Å². The van der Waals surface area contributed by atoms with Gasteiger partial charge in [-0.05, 0) is 37.3 Å². The van der Waals surface area contributed by atoms with Crippen LogP contribution in [-0.2, 0) is 9.59 Å². The van der Waals surface area contributed by atoms with E-state index in [0.717, 1.165) is 12.0 Å². The summed E-state index contributed by atoms with van der Waals surface area (Å²) in [4.78, 5) is 21.9. The Labute approximate surface area is 125 Å². The summed E-state index contributed by atoms with van der Waals surface area (Å²) in [6, 6.07) is 0. The monoisotopic (exact) mass is 284 g/mol. The lowest BCUT2D eigenvalue weighted by atomic mass is 9.97. The van der Waals surface area contributed by atoms with E-state index in [0.29, 0.717) is 23.7 Å². The lowest BCUT2D eigenvalue weighted by Crippen LogP contribution is -2.06. The highest BCUT2D eigenvalue weighted by Crippen LogP contribution is 2.41. The van der Waals surface area contributed by atoms with Crippen molar-refractivity contribution >= 4 is 11.8 Å². The summed E-state index contributed by atoms with van der Waals surface area (Å²) < 4.78 is 0. The number of rotatable bonds is 5. The summed E-state index contributed by atoms with van der Waals surface area (Å²) in [5.74, 6) is 0.0223. The number of carboxylic acid groups (broad SMARTS) is 1. The molecule has 2 rings (SSSR count). The predicted molar refractivity (Wildman–Crippen MR) is 82.7 cm³/mol. The normalized spacial score (nSPS) is 26.2. The molecule has 3 heteroatoms. The van der Waals surface area contributed by atoms with E-state index < -0.39 is 5.97 Å². The molecule has 2 aliphatic carbocycles. The van der Waals surface area contributed by atoms with Gasteiger partial charge in [-0.3, -0.25) is 4.79 Å². The van der Waals surface area contributed by atoms with Crippen molar-refractivity contribution in [2.24, 2.45) is 11.8 Å². The van der Waals surface area contributed by atoms with Crippen molar-refractivity contribution in [3.05, 3.63) is 59.3 Å². The number of allylic oxidation sites excluding steroid dienone is 9. The van der Waals surface area contributed by atoms with E-state index in [1.54, 1.807) is 13.0 Å². The summed E-state index contributed by atoms with van der Waals surface area (Å²) in [7, 11) is 0. The molecule has 0 aromatic rings. The molecule has 1 fully saturated rings. The Balaban J connectivity index is 1.93. The average Bonchev–Trinajstić information content (AvgIpc) is 2.94. The molecule has 21 heavy (non-hydrogen) atoms. The molecule has 0 radical (unpaired) electrons. The second-order valence-electron chi connectivity index (χ2n) is 5.71. The van der Waals surface area contributed by atoms with Crippen LogP contribution in [0.15, 0.2) is 59.3 Å². The third kappa shape index (κ3) is 4.15. The van der Waals surface area contributed by atoms with Gasteiger partial charge in [0.1, 0.15) is 5.78 Å². The van der Waals surface area contributed by atoms with Gasteiger partial charge in [0.05, 0.1) is 0 Å². The van der Waals surface area contributed by atoms with Crippen molar-refractivity contribution in [3.8, 4) is 0 Å². The lowest BCUT2D eigenvalue weighted by molar-refractivity contribution is -0.131. The molecule has 0 aliphatic heterocycles. The van der Waals surface area contributed by atoms with Crippen LogP contribution in [-0.4, -0.2) is 16.9 Å². The molecule has 0 aromatic carbocycles. The van der Waals surface area contributed by atoms with Gasteiger partial charge in [0.15, 0.2) is 0 Å². The molecule has 0 amide bonds. The van der Waals surface area contributed by atoms with Gasteiger partial charge in [-0.1, -0.05) is 42.0 Å². The molecule has 0 spiro atoms. The molecular weight excluding hydrogens is 264 g/mol. The highest BCUT2D eigenvalue weighted by atomic mass is 16.4. The molecule has 1 N–H and O–H groups in total. The molecule has 2 aliphatic rings. The van der Waals surface area contributed by atoms with Crippen LogP contribution >= 0.6 is 0 Å². The van der Waals surface area contributed by atoms with Crippen molar-refractivity contribution in [1.29, 1.82) is 0 Å². The second-order valence-corrected chi connectivity index (χ2v) is 5.71. The van der Waals surface area contributed by atoms with Crippen LogP contribution in [0, 0.1) is 11.8 Å². The Morgan fingerprint density at radius 1 is 1.29 bits per heavy atom. The Morgan fingerprint density at radius 2 is 2.05 bits per heavy atom. The highest BCUT2D eigenvalue weighted by Gasteiger charge is 2.37. The van der Waals surface area contributed by atoms with Crippen LogP contribution in [0.4, 0.5) is 0 Å². The quantitative estimate of drug-likeness (QED) is 0.620. The summed E-state index contributed by atoms with van der Waals surface area (Å²) in [6.07, 6.45) is 14.6. The SMILES string of the molecule is CC(C=CC1=CC2CC1CC2=O)=CC=CC(C)=CC(=O)O. The number of carboxylic acids is 1. The number of hydrogen-bond donors (Lipinski definition) is 1. The molecule has 0 heterocycles. The van der Waals surface area contributed by atoms with E-state index in [-0.39, 0.29) is 5.92 Å². The van der Waals surface area contributed by atoms with Crippen LogP contribution in [0.5, 0.6) is 0 Å². The molecule has 110 valence electrons. The minimum atomic E-state index is -0.935. The van der Waals surface area contributed by atoms with E-state index in [1.807, 2.05) is 25.2 Å². The Hall–Kier alpha value is -2.16. The number of fused-ring (bicyclic) bond motifs is 2. The molecule has 2 unspecified atom stereocenters. The second kappa shape index (κ2) is 6.53. The molecule has 0 saturated heterocycles. The Kier molecular flexibility index (Phi) is 4.73. The Morgan fingerprint density at radius 3 is 2.62 bits per heavy atom. The van der Waals surface area contributed by atoms with E-state index in [2.05, 4.69) is 12.2 Å². The van der Waals surface area contributed by atoms with Crippen LogP contribution in [0.2, 0.25) is 0 Å². The van der Waals surface area contributed by atoms with Crippen molar-refractivity contribution in [2.45, 2.75) is 26.7 Å².